The Morgan fingerprint density at radius 1 is 1.23 bits per heavy atom. The number of halogens is 2. The maximum Gasteiger partial charge on any atom is 0.260 e. The number of thiazole rings is 1. The van der Waals surface area contributed by atoms with Gasteiger partial charge in [-0.1, -0.05) is 24.7 Å². The summed E-state index contributed by atoms with van der Waals surface area (Å²) in [5.41, 5.74) is 0.247. The van der Waals surface area contributed by atoms with Crippen LogP contribution in [0.5, 0.6) is 0 Å². The average Bonchev–Trinajstić information content (AvgIpc) is 3.50. The molecule has 0 saturated carbocycles. The highest BCUT2D eigenvalue weighted by Crippen LogP contribution is 2.33. The van der Waals surface area contributed by atoms with Gasteiger partial charge < -0.3 is 4.74 Å². The molecule has 1 fully saturated rings. The molecule has 2 heterocycles. The number of rotatable bonds is 9. The number of carbonyl (C=O) groups excluding carboxylic acids is 1. The van der Waals surface area contributed by atoms with Crippen molar-refractivity contribution >= 4 is 42.6 Å². The minimum absolute atomic E-state index is 0.00639. The molecule has 1 atom stereocenters. The third kappa shape index (κ3) is 5.53. The first-order valence-electron chi connectivity index (χ1n) is 11.5. The molecule has 0 N–H and O–H groups in total. The summed E-state index contributed by atoms with van der Waals surface area (Å²) in [7, 11) is -2.14. The number of hydrogen-bond acceptors (Lipinski definition) is 6. The molecule has 0 radical (unpaired) electrons. The van der Waals surface area contributed by atoms with E-state index >= 15 is 0 Å². The van der Waals surface area contributed by atoms with E-state index in [1.54, 1.807) is 0 Å². The number of amides is 1. The van der Waals surface area contributed by atoms with Crippen molar-refractivity contribution in [2.45, 2.75) is 43.6 Å². The Morgan fingerprint density at radius 2 is 1.97 bits per heavy atom. The van der Waals surface area contributed by atoms with E-state index in [1.165, 1.54) is 46.6 Å². The molecule has 4 rings (SSSR count). The molecule has 2 aromatic carbocycles. The molecule has 1 saturated heterocycles. The van der Waals surface area contributed by atoms with E-state index in [4.69, 9.17) is 4.74 Å². The molecular formula is C24H27F2N3O4S2. The standard InChI is InChI=1S/C24H27F2N3O4S2/c1-3-4-11-28(2)35(31,32)19-9-7-16(8-10-19)23(30)29(15-18-6-5-12-33-18)24-27-22-20(26)13-17(25)14-21(22)34-24/h7-10,13-14,18H,3-6,11-12,15H2,1-2H3. The lowest BCUT2D eigenvalue weighted by atomic mass is 10.2. The van der Waals surface area contributed by atoms with Gasteiger partial charge in [-0.25, -0.2) is 26.5 Å². The van der Waals surface area contributed by atoms with Crippen molar-refractivity contribution in [1.82, 2.24) is 9.29 Å². The van der Waals surface area contributed by atoms with Gasteiger partial charge in [0.15, 0.2) is 10.9 Å². The van der Waals surface area contributed by atoms with Crippen molar-refractivity contribution < 1.29 is 26.7 Å². The fourth-order valence-corrected chi connectivity index (χ4v) is 6.13. The van der Waals surface area contributed by atoms with Gasteiger partial charge in [0.25, 0.3) is 5.91 Å². The Balaban J connectivity index is 1.64. The third-order valence-corrected chi connectivity index (χ3v) is 8.82. The van der Waals surface area contributed by atoms with Crippen LogP contribution in [-0.4, -0.2) is 56.5 Å². The van der Waals surface area contributed by atoms with Crippen LogP contribution in [0.4, 0.5) is 13.9 Å². The Labute approximate surface area is 207 Å². The zero-order valence-corrected chi connectivity index (χ0v) is 21.2. The predicted octanol–water partition coefficient (Wildman–Crippen LogP) is 4.82. The molecule has 1 unspecified atom stereocenters. The quantitative estimate of drug-likeness (QED) is 0.402. The summed E-state index contributed by atoms with van der Waals surface area (Å²) >= 11 is 1.01. The summed E-state index contributed by atoms with van der Waals surface area (Å²) in [4.78, 5) is 19.3. The second kappa shape index (κ2) is 10.7. The van der Waals surface area contributed by atoms with Crippen molar-refractivity contribution in [3.8, 4) is 0 Å². The van der Waals surface area contributed by atoms with Gasteiger partial charge in [0.2, 0.25) is 10.0 Å². The molecule has 7 nitrogen and oxygen atoms in total. The lowest BCUT2D eigenvalue weighted by Crippen LogP contribution is -2.37. The molecule has 188 valence electrons. The molecule has 1 aliphatic heterocycles. The lowest BCUT2D eigenvalue weighted by molar-refractivity contribution is 0.0917. The molecule has 0 bridgehead atoms. The second-order valence-electron chi connectivity index (χ2n) is 8.49. The number of aromatic nitrogens is 1. The monoisotopic (exact) mass is 523 g/mol. The van der Waals surface area contributed by atoms with Crippen LogP contribution in [0.1, 0.15) is 43.0 Å². The maximum atomic E-state index is 14.3. The van der Waals surface area contributed by atoms with Crippen LogP contribution in [0.2, 0.25) is 0 Å². The molecule has 3 aromatic rings. The average molecular weight is 524 g/mol. The number of ether oxygens (including phenoxy) is 1. The number of sulfonamides is 1. The van der Waals surface area contributed by atoms with Gasteiger partial charge in [0.1, 0.15) is 11.3 Å². The van der Waals surface area contributed by atoms with E-state index in [2.05, 4.69) is 4.98 Å². The molecule has 0 aliphatic carbocycles. The fraction of sp³-hybridized carbons (Fsp3) is 0.417. The van der Waals surface area contributed by atoms with Crippen molar-refractivity contribution in [2.24, 2.45) is 0 Å². The zero-order chi connectivity index (χ0) is 25.2. The summed E-state index contributed by atoms with van der Waals surface area (Å²) < 4.78 is 60.9. The summed E-state index contributed by atoms with van der Waals surface area (Å²) in [6.45, 7) is 3.18. The predicted molar refractivity (Wildman–Crippen MR) is 131 cm³/mol. The van der Waals surface area contributed by atoms with E-state index in [0.29, 0.717) is 17.9 Å². The van der Waals surface area contributed by atoms with Gasteiger partial charge in [0, 0.05) is 31.8 Å². The molecule has 0 spiro atoms. The van der Waals surface area contributed by atoms with Crippen molar-refractivity contribution in [3.05, 3.63) is 53.6 Å². The van der Waals surface area contributed by atoms with Crippen LogP contribution in [0, 0.1) is 11.6 Å². The van der Waals surface area contributed by atoms with Gasteiger partial charge in [-0.15, -0.1) is 0 Å². The van der Waals surface area contributed by atoms with E-state index < -0.39 is 27.6 Å². The highest BCUT2D eigenvalue weighted by molar-refractivity contribution is 7.89. The Morgan fingerprint density at radius 3 is 2.63 bits per heavy atom. The van der Waals surface area contributed by atoms with Gasteiger partial charge in [-0.05, 0) is 49.6 Å². The number of carbonyl (C=O) groups is 1. The fourth-order valence-electron chi connectivity index (χ4n) is 3.91. The first-order chi connectivity index (χ1) is 16.7. The third-order valence-electron chi connectivity index (χ3n) is 5.92. The van der Waals surface area contributed by atoms with Gasteiger partial charge >= 0.3 is 0 Å². The minimum Gasteiger partial charge on any atom is -0.376 e. The Kier molecular flexibility index (Phi) is 7.80. The van der Waals surface area contributed by atoms with Gasteiger partial charge in [-0.3, -0.25) is 9.69 Å². The van der Waals surface area contributed by atoms with Crippen LogP contribution < -0.4 is 4.90 Å². The second-order valence-corrected chi connectivity index (χ2v) is 11.5. The maximum absolute atomic E-state index is 14.3. The largest absolute Gasteiger partial charge is 0.376 e. The summed E-state index contributed by atoms with van der Waals surface area (Å²) in [5.74, 6) is -1.94. The number of anilines is 1. The first kappa shape index (κ1) is 25.6. The number of hydrogen-bond donors (Lipinski definition) is 0. The van der Waals surface area contributed by atoms with Crippen LogP contribution in [0.25, 0.3) is 10.2 Å². The summed E-state index contributed by atoms with van der Waals surface area (Å²) in [6, 6.07) is 7.67. The number of fused-ring (bicyclic) bond motifs is 1. The van der Waals surface area contributed by atoms with E-state index in [-0.39, 0.29) is 33.8 Å². The molecular weight excluding hydrogens is 496 g/mol. The van der Waals surface area contributed by atoms with Gasteiger partial charge in [0.05, 0.1) is 22.2 Å². The van der Waals surface area contributed by atoms with Crippen LogP contribution in [0.15, 0.2) is 41.3 Å². The zero-order valence-electron chi connectivity index (χ0n) is 19.5. The number of unbranched alkanes of at least 4 members (excludes halogenated alkanes) is 1. The number of benzene rings is 2. The van der Waals surface area contributed by atoms with Crippen molar-refractivity contribution in [1.29, 1.82) is 0 Å². The molecule has 1 aromatic heterocycles. The Bertz CT molecular complexity index is 1310. The Hall–Kier alpha value is -2.47. The van der Waals surface area contributed by atoms with Crippen LogP contribution in [-0.2, 0) is 14.8 Å². The van der Waals surface area contributed by atoms with Crippen molar-refractivity contribution in [3.63, 3.8) is 0 Å². The molecule has 1 aliphatic rings. The van der Waals surface area contributed by atoms with Crippen LogP contribution >= 0.6 is 11.3 Å². The number of nitrogens with zero attached hydrogens (tertiary/aromatic N) is 3. The summed E-state index contributed by atoms with van der Waals surface area (Å²) in [5, 5.41) is 0.223. The molecule has 35 heavy (non-hydrogen) atoms. The molecule has 11 heteroatoms. The normalized spacial score (nSPS) is 16.3. The minimum atomic E-state index is -3.67. The lowest BCUT2D eigenvalue weighted by Gasteiger charge is -2.23. The smallest absolute Gasteiger partial charge is 0.260 e. The van der Waals surface area contributed by atoms with E-state index in [0.717, 1.165) is 43.1 Å². The highest BCUT2D eigenvalue weighted by atomic mass is 32.2. The SMILES string of the molecule is CCCCN(C)S(=O)(=O)c1ccc(C(=O)N(CC2CCCO2)c2nc3c(F)cc(F)cc3s2)cc1. The highest BCUT2D eigenvalue weighted by Gasteiger charge is 2.28. The van der Waals surface area contributed by atoms with Crippen molar-refractivity contribution in [2.75, 3.05) is 31.6 Å². The molecule has 1 amide bonds. The van der Waals surface area contributed by atoms with E-state index in [1.807, 2.05) is 6.92 Å². The topological polar surface area (TPSA) is 79.8 Å². The first-order valence-corrected chi connectivity index (χ1v) is 13.7. The van der Waals surface area contributed by atoms with E-state index in [9.17, 15) is 22.0 Å². The summed E-state index contributed by atoms with van der Waals surface area (Å²) in [6.07, 6.45) is 3.04. The van der Waals surface area contributed by atoms with Crippen LogP contribution in [0.3, 0.4) is 0 Å². The van der Waals surface area contributed by atoms with Gasteiger partial charge in [-0.2, -0.15) is 0 Å².